The first kappa shape index (κ1) is 20.1. The first-order valence-electron chi connectivity index (χ1n) is 9.82. The molecule has 5 nitrogen and oxygen atoms in total. The minimum atomic E-state index is -0.773. The summed E-state index contributed by atoms with van der Waals surface area (Å²) in [5.74, 6) is -0.706. The summed E-state index contributed by atoms with van der Waals surface area (Å²) in [5, 5.41) is 9.14. The first-order valence-corrected chi connectivity index (χ1v) is 9.82. The molecule has 1 aliphatic heterocycles. The monoisotopic (exact) mass is 380 g/mol. The van der Waals surface area contributed by atoms with E-state index in [2.05, 4.69) is 29.2 Å². The molecule has 1 N–H and O–H groups in total. The van der Waals surface area contributed by atoms with Gasteiger partial charge >= 0.3 is 5.97 Å². The van der Waals surface area contributed by atoms with Crippen LogP contribution in [0.15, 0.2) is 48.5 Å². The lowest BCUT2D eigenvalue weighted by Gasteiger charge is -2.39. The summed E-state index contributed by atoms with van der Waals surface area (Å²) >= 11 is 0. The highest BCUT2D eigenvalue weighted by atomic mass is 16.4. The van der Waals surface area contributed by atoms with Gasteiger partial charge in [-0.05, 0) is 38.0 Å². The van der Waals surface area contributed by atoms with Gasteiger partial charge in [0.1, 0.15) is 0 Å². The first-order chi connectivity index (χ1) is 13.4. The van der Waals surface area contributed by atoms with Crippen molar-refractivity contribution in [2.45, 2.75) is 32.7 Å². The number of benzene rings is 2. The fourth-order valence-corrected chi connectivity index (χ4v) is 3.72. The number of aliphatic carboxylic acids is 1. The topological polar surface area (TPSA) is 60.9 Å². The van der Waals surface area contributed by atoms with Crippen molar-refractivity contribution < 1.29 is 14.7 Å². The van der Waals surface area contributed by atoms with E-state index in [-0.39, 0.29) is 18.4 Å². The molecule has 3 rings (SSSR count). The number of carboxylic acids is 1. The quantitative estimate of drug-likeness (QED) is 0.831. The summed E-state index contributed by atoms with van der Waals surface area (Å²) in [7, 11) is 0. The van der Waals surface area contributed by atoms with Crippen molar-refractivity contribution in [1.82, 2.24) is 9.80 Å². The highest BCUT2D eigenvalue weighted by Gasteiger charge is 2.27. The van der Waals surface area contributed by atoms with Crippen molar-refractivity contribution in [2.75, 3.05) is 26.2 Å². The number of nitrogens with zero attached hydrogens (tertiary/aromatic N) is 2. The van der Waals surface area contributed by atoms with E-state index < -0.39 is 5.97 Å². The second kappa shape index (κ2) is 9.02. The molecule has 0 spiro atoms. The third kappa shape index (κ3) is 4.98. The van der Waals surface area contributed by atoms with Crippen LogP contribution in [-0.2, 0) is 4.79 Å². The summed E-state index contributed by atoms with van der Waals surface area (Å²) < 4.78 is 0. The van der Waals surface area contributed by atoms with Gasteiger partial charge in [-0.3, -0.25) is 14.5 Å². The van der Waals surface area contributed by atoms with Gasteiger partial charge in [0.2, 0.25) is 0 Å². The SMILES string of the molecule is Cc1ccc(C(=O)N2CCN([C@H](CCC(=O)O)c3ccc(C)cc3)CC2)cc1. The van der Waals surface area contributed by atoms with Crippen molar-refractivity contribution in [1.29, 1.82) is 0 Å². The molecule has 5 heteroatoms. The van der Waals surface area contributed by atoms with Crippen molar-refractivity contribution in [3.05, 3.63) is 70.8 Å². The van der Waals surface area contributed by atoms with Gasteiger partial charge < -0.3 is 10.0 Å². The molecule has 0 unspecified atom stereocenters. The van der Waals surface area contributed by atoms with E-state index in [0.717, 1.165) is 29.8 Å². The van der Waals surface area contributed by atoms with Crippen LogP contribution in [0, 0.1) is 13.8 Å². The molecule has 0 bridgehead atoms. The minimum Gasteiger partial charge on any atom is -0.481 e. The summed E-state index contributed by atoms with van der Waals surface area (Å²) in [6, 6.07) is 16.1. The van der Waals surface area contributed by atoms with Crippen LogP contribution in [0.2, 0.25) is 0 Å². The van der Waals surface area contributed by atoms with E-state index in [1.807, 2.05) is 43.0 Å². The maximum atomic E-state index is 12.7. The van der Waals surface area contributed by atoms with Crippen LogP contribution in [0.3, 0.4) is 0 Å². The van der Waals surface area contributed by atoms with E-state index in [1.165, 1.54) is 5.56 Å². The Morgan fingerprint density at radius 3 is 1.96 bits per heavy atom. The molecule has 1 amide bonds. The zero-order chi connectivity index (χ0) is 20.1. The van der Waals surface area contributed by atoms with E-state index in [4.69, 9.17) is 5.11 Å². The maximum Gasteiger partial charge on any atom is 0.303 e. The standard InChI is InChI=1S/C23H28N2O3/c1-17-3-7-19(8-4-17)21(11-12-22(26)27)24-13-15-25(16-14-24)23(28)20-9-5-18(2)6-10-20/h3-10,21H,11-16H2,1-2H3,(H,26,27)/t21-/m1/s1. The van der Waals surface area contributed by atoms with Crippen LogP contribution in [0.4, 0.5) is 0 Å². The Labute approximate surface area is 166 Å². The largest absolute Gasteiger partial charge is 0.481 e. The molecule has 28 heavy (non-hydrogen) atoms. The lowest BCUT2D eigenvalue weighted by atomic mass is 9.98. The molecule has 1 aliphatic rings. The molecule has 0 aromatic heterocycles. The zero-order valence-corrected chi connectivity index (χ0v) is 16.6. The maximum absolute atomic E-state index is 12.7. The van der Waals surface area contributed by atoms with Crippen LogP contribution in [0.5, 0.6) is 0 Å². The summed E-state index contributed by atoms with van der Waals surface area (Å²) in [5.41, 5.74) is 4.19. The van der Waals surface area contributed by atoms with E-state index >= 15 is 0 Å². The number of amides is 1. The highest BCUT2D eigenvalue weighted by molar-refractivity contribution is 5.94. The number of carbonyl (C=O) groups is 2. The smallest absolute Gasteiger partial charge is 0.303 e. The van der Waals surface area contributed by atoms with Crippen molar-refractivity contribution in [3.63, 3.8) is 0 Å². The predicted molar refractivity (Wildman–Crippen MR) is 109 cm³/mol. The molecular formula is C23H28N2O3. The third-order valence-corrected chi connectivity index (χ3v) is 5.43. The fraction of sp³-hybridized carbons (Fsp3) is 0.391. The lowest BCUT2D eigenvalue weighted by Crippen LogP contribution is -2.49. The number of carbonyl (C=O) groups excluding carboxylic acids is 1. The Kier molecular flexibility index (Phi) is 6.47. The van der Waals surface area contributed by atoms with Gasteiger partial charge in [-0.1, -0.05) is 47.5 Å². The number of hydrogen-bond acceptors (Lipinski definition) is 3. The van der Waals surface area contributed by atoms with Crippen LogP contribution in [0.25, 0.3) is 0 Å². The number of hydrogen-bond donors (Lipinski definition) is 1. The van der Waals surface area contributed by atoms with Gasteiger partial charge in [0, 0.05) is 44.2 Å². The van der Waals surface area contributed by atoms with Crippen LogP contribution >= 0.6 is 0 Å². The second-order valence-corrected chi connectivity index (χ2v) is 7.55. The summed E-state index contributed by atoms with van der Waals surface area (Å²) in [6.45, 7) is 6.86. The van der Waals surface area contributed by atoms with Crippen molar-refractivity contribution >= 4 is 11.9 Å². The average molecular weight is 380 g/mol. The minimum absolute atomic E-state index is 0.0633. The second-order valence-electron chi connectivity index (χ2n) is 7.55. The van der Waals surface area contributed by atoms with Crippen LogP contribution < -0.4 is 0 Å². The lowest BCUT2D eigenvalue weighted by molar-refractivity contribution is -0.137. The zero-order valence-electron chi connectivity index (χ0n) is 16.6. The highest BCUT2D eigenvalue weighted by Crippen LogP contribution is 2.27. The Hall–Kier alpha value is -2.66. The van der Waals surface area contributed by atoms with Gasteiger partial charge in [0.05, 0.1) is 0 Å². The Morgan fingerprint density at radius 1 is 0.893 bits per heavy atom. The van der Waals surface area contributed by atoms with Crippen LogP contribution in [-0.4, -0.2) is 53.0 Å². The van der Waals surface area contributed by atoms with E-state index in [0.29, 0.717) is 19.5 Å². The Morgan fingerprint density at radius 2 is 1.43 bits per heavy atom. The number of aryl methyl sites for hydroxylation is 2. The van der Waals surface area contributed by atoms with Gasteiger partial charge in [-0.15, -0.1) is 0 Å². The normalized spacial score (nSPS) is 16.0. The van der Waals surface area contributed by atoms with Gasteiger partial charge in [0.25, 0.3) is 5.91 Å². The molecule has 1 fully saturated rings. The molecule has 1 saturated heterocycles. The molecule has 2 aromatic carbocycles. The average Bonchev–Trinajstić information content (AvgIpc) is 2.70. The summed E-state index contributed by atoms with van der Waals surface area (Å²) in [4.78, 5) is 28.1. The predicted octanol–water partition coefficient (Wildman–Crippen LogP) is 3.67. The van der Waals surface area contributed by atoms with E-state index in [1.54, 1.807) is 0 Å². The van der Waals surface area contributed by atoms with Crippen LogP contribution in [0.1, 0.15) is 45.9 Å². The Bertz CT molecular complexity index is 807. The Balaban J connectivity index is 1.67. The fourth-order valence-electron chi connectivity index (χ4n) is 3.72. The van der Waals surface area contributed by atoms with Gasteiger partial charge in [-0.25, -0.2) is 0 Å². The molecule has 1 atom stereocenters. The van der Waals surface area contributed by atoms with Crippen molar-refractivity contribution in [2.24, 2.45) is 0 Å². The number of piperazine rings is 1. The number of carboxylic acid groups (broad SMARTS) is 1. The van der Waals surface area contributed by atoms with Gasteiger partial charge in [0.15, 0.2) is 0 Å². The molecule has 0 radical (unpaired) electrons. The third-order valence-electron chi connectivity index (χ3n) is 5.43. The molecule has 148 valence electrons. The molecule has 2 aromatic rings. The number of rotatable bonds is 6. The summed E-state index contributed by atoms with van der Waals surface area (Å²) in [6.07, 6.45) is 0.714. The molecular weight excluding hydrogens is 352 g/mol. The molecule has 1 heterocycles. The molecule has 0 aliphatic carbocycles. The van der Waals surface area contributed by atoms with Gasteiger partial charge in [-0.2, -0.15) is 0 Å². The van der Waals surface area contributed by atoms with Crippen molar-refractivity contribution in [3.8, 4) is 0 Å². The molecule has 0 saturated carbocycles. The van der Waals surface area contributed by atoms with E-state index in [9.17, 15) is 9.59 Å².